The molecule has 1 aliphatic rings. The molecule has 0 bridgehead atoms. The fourth-order valence-electron chi connectivity index (χ4n) is 3.40. The van der Waals surface area contributed by atoms with Crippen LogP contribution in [-0.4, -0.2) is 52.8 Å². The highest BCUT2D eigenvalue weighted by atomic mass is 16.5. The quantitative estimate of drug-likeness (QED) is 0.770. The maximum absolute atomic E-state index is 5.19. The Hall–Kier alpha value is -1.46. The molecule has 5 heteroatoms. The van der Waals surface area contributed by atoms with Gasteiger partial charge < -0.3 is 14.2 Å². The van der Waals surface area contributed by atoms with Crippen LogP contribution < -0.4 is 0 Å². The second-order valence-electron chi connectivity index (χ2n) is 6.01. The number of rotatable bonds is 6. The van der Waals surface area contributed by atoms with Gasteiger partial charge in [-0.05, 0) is 37.9 Å². The Labute approximate surface area is 132 Å². The van der Waals surface area contributed by atoms with E-state index in [-0.39, 0.29) is 0 Å². The number of hydrogen-bond donors (Lipinski definition) is 0. The lowest BCUT2D eigenvalue weighted by molar-refractivity contribution is 0.188. The molecule has 1 fully saturated rings. The second kappa shape index (κ2) is 7.20. The summed E-state index contributed by atoms with van der Waals surface area (Å²) in [7, 11) is 1.75. The van der Waals surface area contributed by atoms with Crippen molar-refractivity contribution in [2.75, 3.05) is 33.4 Å². The van der Waals surface area contributed by atoms with E-state index in [1.54, 1.807) is 7.11 Å². The predicted molar refractivity (Wildman–Crippen MR) is 88.1 cm³/mol. The molecule has 3 rings (SSSR count). The molecule has 0 spiro atoms. The molecule has 5 nitrogen and oxygen atoms in total. The van der Waals surface area contributed by atoms with E-state index in [0.29, 0.717) is 6.04 Å². The van der Waals surface area contributed by atoms with Gasteiger partial charge >= 0.3 is 0 Å². The largest absolute Gasteiger partial charge is 0.385 e. The second-order valence-corrected chi connectivity index (χ2v) is 6.01. The minimum atomic E-state index is 0.528. The zero-order valence-electron chi connectivity index (χ0n) is 13.7. The molecule has 1 saturated heterocycles. The molecule has 0 N–H and O–H groups in total. The number of piperidine rings is 1. The number of nitrogens with zero attached hydrogens (tertiary/aromatic N) is 4. The van der Waals surface area contributed by atoms with Gasteiger partial charge in [0.2, 0.25) is 0 Å². The van der Waals surface area contributed by atoms with Crippen molar-refractivity contribution < 1.29 is 4.74 Å². The molecule has 2 aromatic rings. The molecular weight excluding hydrogens is 276 g/mol. The summed E-state index contributed by atoms with van der Waals surface area (Å²) in [6, 6.07) is 4.57. The van der Waals surface area contributed by atoms with Crippen LogP contribution in [0, 0.1) is 0 Å². The lowest BCUT2D eigenvalue weighted by Crippen LogP contribution is -2.34. The van der Waals surface area contributed by atoms with Crippen LogP contribution in [0.2, 0.25) is 0 Å². The zero-order valence-corrected chi connectivity index (χ0v) is 13.7. The topological polar surface area (TPSA) is 43.2 Å². The summed E-state index contributed by atoms with van der Waals surface area (Å²) < 4.78 is 7.59. The van der Waals surface area contributed by atoms with Gasteiger partial charge in [0.1, 0.15) is 11.3 Å². The molecule has 0 atom stereocenters. The van der Waals surface area contributed by atoms with Crippen LogP contribution in [0.5, 0.6) is 0 Å². The van der Waals surface area contributed by atoms with E-state index < -0.39 is 0 Å². The number of aromatic nitrogens is 3. The van der Waals surface area contributed by atoms with E-state index in [9.17, 15) is 0 Å². The lowest BCUT2D eigenvalue weighted by Gasteiger charge is -2.32. The average Bonchev–Trinajstić information content (AvgIpc) is 2.93. The molecule has 1 aliphatic heterocycles. The van der Waals surface area contributed by atoms with Crippen molar-refractivity contribution in [3.63, 3.8) is 0 Å². The van der Waals surface area contributed by atoms with Crippen molar-refractivity contribution >= 4 is 11.2 Å². The highest BCUT2D eigenvalue weighted by molar-refractivity contribution is 5.71. The molecule has 0 aliphatic carbocycles. The third-order valence-electron chi connectivity index (χ3n) is 4.64. The van der Waals surface area contributed by atoms with Crippen LogP contribution >= 0.6 is 0 Å². The van der Waals surface area contributed by atoms with E-state index in [4.69, 9.17) is 9.72 Å². The number of methoxy groups -OCH3 is 1. The minimum absolute atomic E-state index is 0.528. The summed E-state index contributed by atoms with van der Waals surface area (Å²) in [6.07, 6.45) is 6.22. The van der Waals surface area contributed by atoms with Crippen molar-refractivity contribution in [2.45, 2.75) is 38.6 Å². The first-order chi connectivity index (χ1) is 10.8. The van der Waals surface area contributed by atoms with Crippen LogP contribution in [0.15, 0.2) is 18.3 Å². The van der Waals surface area contributed by atoms with Gasteiger partial charge in [-0.25, -0.2) is 9.97 Å². The predicted octanol–water partition coefficient (Wildman–Crippen LogP) is 2.67. The number of likely N-dealkylation sites (tertiary alicyclic amines) is 1. The van der Waals surface area contributed by atoms with Gasteiger partial charge in [0.25, 0.3) is 0 Å². The molecule has 2 aromatic heterocycles. The molecule has 0 unspecified atom stereocenters. The summed E-state index contributed by atoms with van der Waals surface area (Å²) in [6.45, 7) is 6.52. The van der Waals surface area contributed by atoms with E-state index in [1.165, 1.54) is 31.8 Å². The Bertz CT molecular complexity index is 602. The normalized spacial score (nSPS) is 17.4. The van der Waals surface area contributed by atoms with Crippen molar-refractivity contribution in [1.29, 1.82) is 0 Å². The summed E-state index contributed by atoms with van der Waals surface area (Å²) in [5.74, 6) is 1.17. The Morgan fingerprint density at radius 1 is 1.32 bits per heavy atom. The zero-order chi connectivity index (χ0) is 15.4. The molecule has 0 amide bonds. The third-order valence-corrected chi connectivity index (χ3v) is 4.64. The molecule has 0 aromatic carbocycles. The Morgan fingerprint density at radius 3 is 2.86 bits per heavy atom. The van der Waals surface area contributed by atoms with Crippen LogP contribution in [0.25, 0.3) is 11.2 Å². The van der Waals surface area contributed by atoms with Crippen LogP contribution in [0.1, 0.15) is 38.1 Å². The molecule has 3 heterocycles. The number of fused-ring (bicyclic) bond motifs is 1. The standard InChI is InChI=1S/C17H26N4O/c1-3-20-11-8-14(9-12-20)21-16(7-5-13-22-2)19-15-6-4-10-18-17(15)21/h4,6,10,14H,3,5,7-9,11-13H2,1-2H3. The van der Waals surface area contributed by atoms with Crippen molar-refractivity contribution in [1.82, 2.24) is 19.4 Å². The number of pyridine rings is 1. The molecule has 0 radical (unpaired) electrons. The first-order valence-corrected chi connectivity index (χ1v) is 8.36. The van der Waals surface area contributed by atoms with Gasteiger partial charge in [-0.15, -0.1) is 0 Å². The van der Waals surface area contributed by atoms with Crippen molar-refractivity contribution in [3.05, 3.63) is 24.2 Å². The van der Waals surface area contributed by atoms with Crippen LogP contribution in [-0.2, 0) is 11.2 Å². The maximum Gasteiger partial charge on any atom is 0.160 e. The first kappa shape index (κ1) is 15.4. The Morgan fingerprint density at radius 2 is 2.14 bits per heavy atom. The number of aryl methyl sites for hydroxylation is 1. The summed E-state index contributed by atoms with van der Waals surface area (Å²) in [4.78, 5) is 12.0. The van der Waals surface area contributed by atoms with Crippen molar-refractivity contribution in [3.8, 4) is 0 Å². The molecular formula is C17H26N4O. The third kappa shape index (κ3) is 3.15. The van der Waals surface area contributed by atoms with Crippen LogP contribution in [0.4, 0.5) is 0 Å². The lowest BCUT2D eigenvalue weighted by atomic mass is 10.0. The SMILES string of the molecule is CCN1CCC(n2c(CCCOC)nc3cccnc32)CC1. The van der Waals surface area contributed by atoms with E-state index in [2.05, 4.69) is 27.4 Å². The average molecular weight is 302 g/mol. The highest BCUT2D eigenvalue weighted by Crippen LogP contribution is 2.28. The van der Waals surface area contributed by atoms with Gasteiger partial charge in [0.05, 0.1) is 0 Å². The van der Waals surface area contributed by atoms with Gasteiger partial charge in [0.15, 0.2) is 5.65 Å². The van der Waals surface area contributed by atoms with E-state index >= 15 is 0 Å². The number of imidazole rings is 1. The Kier molecular flexibility index (Phi) is 5.05. The van der Waals surface area contributed by atoms with Gasteiger partial charge in [0, 0.05) is 45.5 Å². The minimum Gasteiger partial charge on any atom is -0.385 e. The Balaban J connectivity index is 1.87. The van der Waals surface area contributed by atoms with Gasteiger partial charge in [-0.3, -0.25) is 0 Å². The van der Waals surface area contributed by atoms with E-state index in [1.807, 2.05) is 12.3 Å². The summed E-state index contributed by atoms with van der Waals surface area (Å²) in [5, 5.41) is 0. The van der Waals surface area contributed by atoms with Gasteiger partial charge in [-0.2, -0.15) is 0 Å². The van der Waals surface area contributed by atoms with Crippen LogP contribution in [0.3, 0.4) is 0 Å². The first-order valence-electron chi connectivity index (χ1n) is 8.36. The molecule has 22 heavy (non-hydrogen) atoms. The molecule has 120 valence electrons. The summed E-state index contributed by atoms with van der Waals surface area (Å²) in [5.41, 5.74) is 2.07. The maximum atomic E-state index is 5.19. The molecule has 0 saturated carbocycles. The summed E-state index contributed by atoms with van der Waals surface area (Å²) >= 11 is 0. The fourth-order valence-corrected chi connectivity index (χ4v) is 3.40. The van der Waals surface area contributed by atoms with E-state index in [0.717, 1.165) is 37.2 Å². The fraction of sp³-hybridized carbons (Fsp3) is 0.647. The van der Waals surface area contributed by atoms with Gasteiger partial charge in [-0.1, -0.05) is 6.92 Å². The number of ether oxygens (including phenoxy) is 1. The monoisotopic (exact) mass is 302 g/mol. The smallest absolute Gasteiger partial charge is 0.160 e. The highest BCUT2D eigenvalue weighted by Gasteiger charge is 2.24. The number of hydrogen-bond acceptors (Lipinski definition) is 4. The van der Waals surface area contributed by atoms with Crippen molar-refractivity contribution in [2.24, 2.45) is 0 Å².